The maximum Gasteiger partial charge on any atom is 0.314 e. The zero-order valence-corrected chi connectivity index (χ0v) is 11.6. The molecule has 0 spiro atoms. The molecule has 0 aromatic heterocycles. The lowest BCUT2D eigenvalue weighted by molar-refractivity contribution is -0.141. The van der Waals surface area contributed by atoms with Crippen LogP contribution in [0.25, 0.3) is 0 Å². The Morgan fingerprint density at radius 2 is 1.84 bits per heavy atom. The van der Waals surface area contributed by atoms with E-state index in [9.17, 15) is 23.1 Å². The average Bonchev–Trinajstić information content (AvgIpc) is 2.24. The fraction of sp³-hybridized carbons (Fsp3) is 0.778. The number of nitrogens with one attached hydrogen (secondary N) is 3. The van der Waals surface area contributed by atoms with Crippen LogP contribution in [0.3, 0.4) is 0 Å². The third-order valence-corrected chi connectivity index (χ3v) is 3.49. The molecule has 1 unspecified atom stereocenters. The van der Waals surface area contributed by atoms with Crippen molar-refractivity contribution in [2.75, 3.05) is 25.9 Å². The highest BCUT2D eigenvalue weighted by molar-refractivity contribution is 7.89. The summed E-state index contributed by atoms with van der Waals surface area (Å²) in [5.74, 6) is -1.46. The minimum atomic E-state index is -3.39. The number of hydrogen-bond donors (Lipinski definition) is 5. The molecule has 0 radical (unpaired) electrons. The lowest BCUT2D eigenvalue weighted by Gasteiger charge is -2.21. The van der Waals surface area contributed by atoms with Crippen LogP contribution in [-0.4, -0.2) is 62.1 Å². The number of carboxylic acids is 1. The molecule has 0 saturated heterocycles. The van der Waals surface area contributed by atoms with Crippen molar-refractivity contribution in [1.82, 2.24) is 15.4 Å². The molecule has 10 heteroatoms. The second kappa shape index (κ2) is 7.26. The average molecular weight is 297 g/mol. The third kappa shape index (κ3) is 9.22. The molecule has 2 amide bonds. The van der Waals surface area contributed by atoms with Crippen LogP contribution in [0.15, 0.2) is 0 Å². The molecule has 0 aromatic rings. The number of rotatable bonds is 8. The number of carbonyl (C=O) groups is 2. The quantitative estimate of drug-likeness (QED) is 0.352. The van der Waals surface area contributed by atoms with Crippen molar-refractivity contribution in [3.05, 3.63) is 0 Å². The van der Waals surface area contributed by atoms with Gasteiger partial charge >= 0.3 is 12.0 Å². The van der Waals surface area contributed by atoms with Gasteiger partial charge in [-0.2, -0.15) is 0 Å². The maximum atomic E-state index is 11.3. The number of amides is 2. The Morgan fingerprint density at radius 3 is 2.32 bits per heavy atom. The predicted molar refractivity (Wildman–Crippen MR) is 67.1 cm³/mol. The Hall–Kier alpha value is -1.39. The Balaban J connectivity index is 3.97. The van der Waals surface area contributed by atoms with Gasteiger partial charge in [0.25, 0.3) is 0 Å². The van der Waals surface area contributed by atoms with Crippen LogP contribution in [0.2, 0.25) is 0 Å². The summed E-state index contributed by atoms with van der Waals surface area (Å²) in [4.78, 5) is 21.7. The first kappa shape index (κ1) is 17.6. The van der Waals surface area contributed by atoms with E-state index in [1.807, 2.05) is 0 Å². The number of hydrogen-bond acceptors (Lipinski definition) is 5. The van der Waals surface area contributed by atoms with Gasteiger partial charge in [0.15, 0.2) is 0 Å². The standard InChI is InChI=1S/C9H19N3O6S/c1-9(16,5-7(13)14)6-12-8(15)11-3-4-19(17,18)10-2/h10,16H,3-6H2,1-2H3,(H,13,14)(H2,11,12,15). The van der Waals surface area contributed by atoms with E-state index in [-0.39, 0.29) is 18.8 Å². The SMILES string of the molecule is CNS(=O)(=O)CCNC(=O)NCC(C)(O)CC(=O)O. The number of carboxylic acid groups (broad SMARTS) is 1. The van der Waals surface area contributed by atoms with Crippen molar-refractivity contribution in [2.45, 2.75) is 18.9 Å². The monoisotopic (exact) mass is 297 g/mol. The van der Waals surface area contributed by atoms with Crippen LogP contribution in [0.5, 0.6) is 0 Å². The van der Waals surface area contributed by atoms with Gasteiger partial charge in [0.05, 0.1) is 17.8 Å². The highest BCUT2D eigenvalue weighted by atomic mass is 32.2. The first-order chi connectivity index (χ1) is 8.58. The predicted octanol–water partition coefficient (Wildman–Crippen LogP) is -1.94. The van der Waals surface area contributed by atoms with Crippen molar-refractivity contribution in [1.29, 1.82) is 0 Å². The second-order valence-electron chi connectivity index (χ2n) is 4.20. The number of carbonyl (C=O) groups excluding carboxylic acids is 1. The van der Waals surface area contributed by atoms with Gasteiger partial charge < -0.3 is 20.8 Å². The lowest BCUT2D eigenvalue weighted by atomic mass is 10.0. The van der Waals surface area contributed by atoms with Crippen LogP contribution in [0.1, 0.15) is 13.3 Å². The molecule has 0 aliphatic carbocycles. The molecular weight excluding hydrogens is 278 g/mol. The van der Waals surface area contributed by atoms with Gasteiger partial charge in [-0.25, -0.2) is 17.9 Å². The Bertz CT molecular complexity index is 420. The van der Waals surface area contributed by atoms with Crippen molar-refractivity contribution in [3.8, 4) is 0 Å². The van der Waals surface area contributed by atoms with Gasteiger partial charge in [-0.05, 0) is 14.0 Å². The van der Waals surface area contributed by atoms with Crippen molar-refractivity contribution >= 4 is 22.0 Å². The molecule has 0 bridgehead atoms. The van der Waals surface area contributed by atoms with Gasteiger partial charge in [0.2, 0.25) is 10.0 Å². The fourth-order valence-electron chi connectivity index (χ4n) is 1.12. The number of urea groups is 1. The smallest absolute Gasteiger partial charge is 0.314 e. The van der Waals surface area contributed by atoms with E-state index >= 15 is 0 Å². The lowest BCUT2D eigenvalue weighted by Crippen LogP contribution is -2.46. The van der Waals surface area contributed by atoms with Crippen molar-refractivity contribution < 1.29 is 28.2 Å². The molecular formula is C9H19N3O6S. The highest BCUT2D eigenvalue weighted by Gasteiger charge is 2.24. The van der Waals surface area contributed by atoms with Gasteiger partial charge in [-0.15, -0.1) is 0 Å². The molecule has 5 N–H and O–H groups in total. The molecule has 1 atom stereocenters. The highest BCUT2D eigenvalue weighted by Crippen LogP contribution is 2.06. The molecule has 0 rings (SSSR count). The van der Waals surface area contributed by atoms with Crippen LogP contribution in [0.4, 0.5) is 4.79 Å². The Morgan fingerprint density at radius 1 is 1.26 bits per heavy atom. The summed E-state index contributed by atoms with van der Waals surface area (Å²) in [5, 5.41) is 22.6. The molecule has 0 aliphatic heterocycles. The summed E-state index contributed by atoms with van der Waals surface area (Å²) in [7, 11) is -2.13. The topological polar surface area (TPSA) is 145 Å². The molecule has 0 fully saturated rings. The molecule has 0 aliphatic rings. The first-order valence-corrected chi connectivity index (χ1v) is 7.10. The maximum absolute atomic E-state index is 11.3. The van der Waals surface area contributed by atoms with E-state index in [2.05, 4.69) is 15.4 Å². The summed E-state index contributed by atoms with van der Waals surface area (Å²) in [5.41, 5.74) is -1.57. The van der Waals surface area contributed by atoms with E-state index in [1.165, 1.54) is 14.0 Å². The Labute approximate surface area is 111 Å². The summed E-state index contributed by atoms with van der Waals surface area (Å²) >= 11 is 0. The summed E-state index contributed by atoms with van der Waals surface area (Å²) in [6.07, 6.45) is -0.512. The van der Waals surface area contributed by atoms with E-state index in [0.717, 1.165) is 0 Å². The molecule has 0 heterocycles. The zero-order chi connectivity index (χ0) is 15.1. The molecule has 112 valence electrons. The summed E-state index contributed by atoms with van der Waals surface area (Å²) in [6, 6.07) is -0.683. The normalized spacial score (nSPS) is 14.5. The molecule has 9 nitrogen and oxygen atoms in total. The number of sulfonamides is 1. The van der Waals surface area contributed by atoms with E-state index in [1.54, 1.807) is 0 Å². The number of aliphatic hydroxyl groups is 1. The largest absolute Gasteiger partial charge is 0.481 e. The Kier molecular flexibility index (Phi) is 6.73. The van der Waals surface area contributed by atoms with E-state index in [4.69, 9.17) is 5.11 Å². The molecule has 0 saturated carbocycles. The van der Waals surface area contributed by atoms with Crippen LogP contribution >= 0.6 is 0 Å². The first-order valence-electron chi connectivity index (χ1n) is 5.45. The third-order valence-electron chi connectivity index (χ3n) is 2.13. The second-order valence-corrected chi connectivity index (χ2v) is 6.25. The van der Waals surface area contributed by atoms with E-state index in [0.29, 0.717) is 0 Å². The van der Waals surface area contributed by atoms with Crippen molar-refractivity contribution in [3.63, 3.8) is 0 Å². The van der Waals surface area contributed by atoms with Crippen molar-refractivity contribution in [2.24, 2.45) is 0 Å². The van der Waals surface area contributed by atoms with Crippen LogP contribution in [-0.2, 0) is 14.8 Å². The van der Waals surface area contributed by atoms with Crippen LogP contribution in [0, 0.1) is 0 Å². The summed E-state index contributed by atoms with van der Waals surface area (Å²) in [6.45, 7) is 0.910. The fourth-order valence-corrected chi connectivity index (χ4v) is 1.70. The van der Waals surface area contributed by atoms with Gasteiger partial charge in [0, 0.05) is 13.1 Å². The minimum Gasteiger partial charge on any atom is -0.481 e. The van der Waals surface area contributed by atoms with E-state index < -0.39 is 34.0 Å². The van der Waals surface area contributed by atoms with Gasteiger partial charge in [-0.3, -0.25) is 4.79 Å². The minimum absolute atomic E-state index is 0.101. The zero-order valence-electron chi connectivity index (χ0n) is 10.8. The molecule has 0 aromatic carbocycles. The van der Waals surface area contributed by atoms with Crippen LogP contribution < -0.4 is 15.4 Å². The number of aliphatic carboxylic acids is 1. The summed E-state index contributed by atoms with van der Waals surface area (Å²) < 4.78 is 24.2. The van der Waals surface area contributed by atoms with Gasteiger partial charge in [-0.1, -0.05) is 0 Å². The molecule has 19 heavy (non-hydrogen) atoms. The van der Waals surface area contributed by atoms with Gasteiger partial charge in [0.1, 0.15) is 0 Å².